The fraction of sp³-hybridized carbons (Fsp3) is 0. The predicted molar refractivity (Wildman–Crippen MR) is 52.4 cm³/mol. The number of hydrogen-bond donors (Lipinski definition) is 0. The van der Waals surface area contributed by atoms with E-state index in [1.54, 1.807) is 0 Å². The Kier molecular flexibility index (Phi) is 2180. The average molecular weight is 322 g/mol. The third kappa shape index (κ3) is 839. The smallest absolute Gasteiger partial charge is 0.806 e. The first-order chi connectivity index (χ1) is 1.73. The molecule has 0 fully saturated rings. The zero-order chi connectivity index (χ0) is 3.58. The van der Waals surface area contributed by atoms with Crippen molar-refractivity contribution >= 4 is 21.2 Å². The maximum atomic E-state index is 8.81. The summed E-state index contributed by atoms with van der Waals surface area (Å²) in [7, 11) is -2.28. The van der Waals surface area contributed by atoms with Crippen molar-refractivity contribution < 1.29 is 123 Å². The van der Waals surface area contributed by atoms with Crippen LogP contribution in [-0.4, -0.2) is 63.9 Å². The van der Waals surface area contributed by atoms with E-state index in [0.717, 1.165) is 0 Å². The Bertz CT molecular complexity index is 40.0. The summed E-state index contributed by atoms with van der Waals surface area (Å²) in [5.41, 5.74) is 0. The molecule has 0 aliphatic rings. The zero-order valence-electron chi connectivity index (χ0n) is 8.63. The van der Waals surface area contributed by atoms with E-state index in [1.807, 2.05) is 0 Å². The standard InChI is InChI=1S/2Na.H2O2S2.10H2O/c;;1-4(2)3;;;;;;;;;;/h;;(H2,1,2,3);10*1H2/q2*+1;;;;;;;;;;;/p-2. The van der Waals surface area contributed by atoms with Crippen molar-refractivity contribution in [1.29, 1.82) is 0 Å². The molecule has 0 aromatic rings. The van der Waals surface area contributed by atoms with E-state index in [4.69, 9.17) is 9.11 Å². The third-order valence-electron chi connectivity index (χ3n) is 0. The molecule has 0 heterocycles. The van der Waals surface area contributed by atoms with E-state index in [-0.39, 0.29) is 114 Å². The van der Waals surface area contributed by atoms with Gasteiger partial charge < -0.3 is 73.9 Å². The van der Waals surface area contributed by atoms with Gasteiger partial charge >= 0.3 is 59.1 Å². The molecule has 0 aromatic heterocycles. The summed E-state index contributed by atoms with van der Waals surface area (Å²) in [6.45, 7) is 0. The number of rotatable bonds is 0. The molecule has 20 N–H and O–H groups in total. The van der Waals surface area contributed by atoms with Gasteiger partial charge in [0.25, 0.3) is 0 Å². The van der Waals surface area contributed by atoms with Crippen LogP contribution in [0.2, 0.25) is 0 Å². The molecule has 0 rings (SSSR count). The Labute approximate surface area is 143 Å². The molecule has 12 nitrogen and oxygen atoms in total. The maximum absolute atomic E-state index is 8.81. The van der Waals surface area contributed by atoms with E-state index in [2.05, 4.69) is 11.2 Å². The van der Waals surface area contributed by atoms with Gasteiger partial charge in [-0.15, -0.1) is 0 Å². The molecule has 0 saturated heterocycles. The minimum Gasteiger partial charge on any atom is -0.806 e. The first-order valence-electron chi connectivity index (χ1n) is 0.500. The van der Waals surface area contributed by atoms with Crippen LogP contribution in [-0.2, 0) is 21.2 Å². The van der Waals surface area contributed by atoms with Crippen molar-refractivity contribution in [3.05, 3.63) is 0 Å². The molecular weight excluding hydrogens is 302 g/mol. The summed E-state index contributed by atoms with van der Waals surface area (Å²) in [6.07, 6.45) is 0. The van der Waals surface area contributed by atoms with E-state index < -0.39 is 10.0 Å². The molecule has 16 heteroatoms. The molecule has 106 valence electrons. The molecule has 0 radical (unpaired) electrons. The van der Waals surface area contributed by atoms with Gasteiger partial charge in [0.1, 0.15) is 0 Å². The summed E-state index contributed by atoms with van der Waals surface area (Å²) >= 11 is 3.54. The topological polar surface area (TPSA) is 361 Å². The van der Waals surface area contributed by atoms with Gasteiger partial charge in [-0.05, 0) is 0 Å². The van der Waals surface area contributed by atoms with E-state index in [1.165, 1.54) is 0 Å². The summed E-state index contributed by atoms with van der Waals surface area (Å²) in [5, 5.41) is 0. The molecule has 0 bridgehead atoms. The van der Waals surface area contributed by atoms with Gasteiger partial charge in [0.05, 0.1) is 0 Å². The van der Waals surface area contributed by atoms with E-state index in [9.17, 15) is 0 Å². The average Bonchev–Trinajstić information content (AvgIpc) is 0.811. The van der Waals surface area contributed by atoms with Crippen LogP contribution in [0.15, 0.2) is 0 Å². The Morgan fingerprint density at radius 3 is 0.500 bits per heavy atom. The van der Waals surface area contributed by atoms with Crippen molar-refractivity contribution in [2.45, 2.75) is 0 Å². The van der Waals surface area contributed by atoms with Crippen LogP contribution < -0.4 is 59.1 Å². The fourth-order valence-electron chi connectivity index (χ4n) is 0. The molecule has 0 aliphatic heterocycles. The summed E-state index contributed by atoms with van der Waals surface area (Å²) in [4.78, 5) is 0. The molecule has 0 aliphatic carbocycles. The monoisotopic (exact) mass is 322 g/mol. The minimum absolute atomic E-state index is 0. The van der Waals surface area contributed by atoms with Crippen molar-refractivity contribution in [2.24, 2.45) is 0 Å². The second-order valence-electron chi connectivity index (χ2n) is 0.204. The maximum Gasteiger partial charge on any atom is 1.00 e. The normalized spacial score (nSPS) is 2.19. The van der Waals surface area contributed by atoms with Crippen molar-refractivity contribution in [3.8, 4) is 0 Å². The molecule has 0 saturated carbocycles. The SMILES string of the molecule is O.O.O.O.O.O.O.O.O.O.[Na+].[Na+].[O-]S([O-])=S. The summed E-state index contributed by atoms with van der Waals surface area (Å²) in [5.74, 6) is 0. The van der Waals surface area contributed by atoms with Crippen LogP contribution in [0.3, 0.4) is 0 Å². The molecule has 0 amide bonds. The van der Waals surface area contributed by atoms with Gasteiger partial charge in [-0.25, -0.2) is 0 Å². The predicted octanol–water partition coefficient (Wildman–Crippen LogP) is -14.9. The third-order valence-corrected chi connectivity index (χ3v) is 0. The van der Waals surface area contributed by atoms with Gasteiger partial charge in [-0.3, -0.25) is 0 Å². The first-order valence-corrected chi connectivity index (χ1v) is 2.50. The first kappa shape index (κ1) is 204. The molecular formula is H20Na2O12S2. The van der Waals surface area contributed by atoms with E-state index in [0.29, 0.717) is 0 Å². The fourth-order valence-corrected chi connectivity index (χ4v) is 0. The van der Waals surface area contributed by atoms with Gasteiger partial charge in [0, 0.05) is 0 Å². The molecule has 16 heavy (non-hydrogen) atoms. The number of hydrogen-bond acceptors (Lipinski definition) is 3. The quantitative estimate of drug-likeness (QED) is 0.392. The summed E-state index contributed by atoms with van der Waals surface area (Å²) < 4.78 is 17.6. The van der Waals surface area contributed by atoms with Crippen molar-refractivity contribution in [1.82, 2.24) is 0 Å². The van der Waals surface area contributed by atoms with Crippen LogP contribution in [0.1, 0.15) is 0 Å². The van der Waals surface area contributed by atoms with Crippen molar-refractivity contribution in [2.75, 3.05) is 0 Å². The minimum atomic E-state index is -2.28. The van der Waals surface area contributed by atoms with Crippen molar-refractivity contribution in [3.63, 3.8) is 0 Å². The van der Waals surface area contributed by atoms with Crippen LogP contribution in [0, 0.1) is 0 Å². The second kappa shape index (κ2) is 171. The Morgan fingerprint density at radius 1 is 0.500 bits per heavy atom. The summed E-state index contributed by atoms with van der Waals surface area (Å²) in [6, 6.07) is 0. The van der Waals surface area contributed by atoms with Crippen LogP contribution >= 0.6 is 0 Å². The molecule has 0 aromatic carbocycles. The zero-order valence-corrected chi connectivity index (χ0v) is 14.3. The largest absolute Gasteiger partial charge is 1.00 e. The van der Waals surface area contributed by atoms with Crippen LogP contribution in [0.4, 0.5) is 0 Å². The van der Waals surface area contributed by atoms with Crippen LogP contribution in [0.5, 0.6) is 0 Å². The Morgan fingerprint density at radius 2 is 0.500 bits per heavy atom. The molecule has 0 atom stereocenters. The van der Waals surface area contributed by atoms with E-state index >= 15 is 0 Å². The molecule has 0 unspecified atom stereocenters. The molecule has 0 spiro atoms. The van der Waals surface area contributed by atoms with Gasteiger partial charge in [-0.1, -0.05) is 11.2 Å². The van der Waals surface area contributed by atoms with Gasteiger partial charge in [0.15, 0.2) is 0 Å². The van der Waals surface area contributed by atoms with Crippen LogP contribution in [0.25, 0.3) is 0 Å². The van der Waals surface area contributed by atoms with Gasteiger partial charge in [0.2, 0.25) is 0 Å². The van der Waals surface area contributed by atoms with Gasteiger partial charge in [-0.2, -0.15) is 0 Å². The Hall–Kier alpha value is 2.09. The Balaban J connectivity index is -0.000000000682. The second-order valence-corrected chi connectivity index (χ2v) is 1.43.